The monoisotopic (exact) mass is 648 g/mol. The minimum atomic E-state index is -0.939. The molecule has 8 nitrogen and oxygen atoms in total. The van der Waals surface area contributed by atoms with Crippen LogP contribution in [0.15, 0.2) is 0 Å². The fraction of sp³-hybridized carbons (Fsp3) is 0.862. The predicted octanol–water partition coefficient (Wildman–Crippen LogP) is 3.90. The van der Waals surface area contributed by atoms with Gasteiger partial charge in [0.2, 0.25) is 0 Å². The van der Waals surface area contributed by atoms with Crippen molar-refractivity contribution < 1.29 is 38.1 Å². The highest BCUT2D eigenvalue weighted by molar-refractivity contribution is 8.00. The lowest BCUT2D eigenvalue weighted by atomic mass is 9.70. The largest absolute Gasteiger partial charge is 0.372 e. The van der Waals surface area contributed by atoms with Crippen LogP contribution in [0.4, 0.5) is 0 Å². The van der Waals surface area contributed by atoms with Crippen molar-refractivity contribution in [1.82, 2.24) is 0 Å². The molecule has 0 aromatic rings. The van der Waals surface area contributed by atoms with Crippen molar-refractivity contribution in [2.24, 2.45) is 5.41 Å². The van der Waals surface area contributed by atoms with Gasteiger partial charge in [0.05, 0.1) is 50.8 Å². The molecule has 0 amide bonds. The SMILES string of the molecule is O=C(CCSCC1CO1)CC(CC(=O)CCSCC1CO1)(CC(=O)CCSCC1CO1)CC(=O)CCSCC1CO1. The normalized spacial score (nSPS) is 25.4. The number of ketones is 4. The number of Topliss-reactive ketones (excluding diaryl/α,β-unsaturated/α-hetero) is 4. The molecule has 0 spiro atoms. The average Bonchev–Trinajstić information content (AvgIpc) is 3.76. The van der Waals surface area contributed by atoms with Crippen LogP contribution in [-0.4, -0.2) is 120 Å². The van der Waals surface area contributed by atoms with E-state index < -0.39 is 5.41 Å². The summed E-state index contributed by atoms with van der Waals surface area (Å²) in [5.41, 5.74) is -0.939. The molecule has 4 aliphatic rings. The Morgan fingerprint density at radius 3 is 0.878 bits per heavy atom. The zero-order valence-corrected chi connectivity index (χ0v) is 27.1. The number of rotatable bonds is 28. The number of hydrogen-bond acceptors (Lipinski definition) is 12. The molecular weight excluding hydrogens is 605 g/mol. The van der Waals surface area contributed by atoms with Crippen molar-refractivity contribution in [2.75, 3.05) is 72.5 Å². The smallest absolute Gasteiger partial charge is 0.134 e. The van der Waals surface area contributed by atoms with Gasteiger partial charge in [-0.05, 0) is 5.41 Å². The summed E-state index contributed by atoms with van der Waals surface area (Å²) < 4.78 is 21.0. The van der Waals surface area contributed by atoms with E-state index in [1.54, 1.807) is 47.0 Å². The second-order valence-electron chi connectivity index (χ2n) is 11.5. The lowest BCUT2D eigenvalue weighted by Crippen LogP contribution is -2.34. The number of hydrogen-bond donors (Lipinski definition) is 0. The molecule has 0 radical (unpaired) electrons. The van der Waals surface area contributed by atoms with Gasteiger partial charge in [0.15, 0.2) is 0 Å². The van der Waals surface area contributed by atoms with Crippen LogP contribution in [0.1, 0.15) is 51.4 Å². The fourth-order valence-corrected chi connectivity index (χ4v) is 8.64. The molecule has 4 unspecified atom stereocenters. The van der Waals surface area contributed by atoms with Crippen LogP contribution in [0.2, 0.25) is 0 Å². The molecule has 4 saturated heterocycles. The average molecular weight is 649 g/mol. The van der Waals surface area contributed by atoms with Crippen LogP contribution >= 0.6 is 47.0 Å². The van der Waals surface area contributed by atoms with Crippen LogP contribution in [0, 0.1) is 5.41 Å². The Kier molecular flexibility index (Phi) is 14.9. The molecule has 0 N–H and O–H groups in total. The quantitative estimate of drug-likeness (QED) is 0.0905. The zero-order chi connectivity index (χ0) is 28.9. The van der Waals surface area contributed by atoms with Crippen molar-refractivity contribution >= 4 is 70.2 Å². The Morgan fingerprint density at radius 1 is 0.463 bits per heavy atom. The molecule has 232 valence electrons. The van der Waals surface area contributed by atoms with Crippen molar-refractivity contribution in [3.05, 3.63) is 0 Å². The first-order valence-electron chi connectivity index (χ1n) is 14.7. The third-order valence-electron chi connectivity index (χ3n) is 7.21. The van der Waals surface area contributed by atoms with Gasteiger partial charge in [0.25, 0.3) is 0 Å². The topological polar surface area (TPSA) is 118 Å². The highest BCUT2D eigenvalue weighted by atomic mass is 32.2. The minimum Gasteiger partial charge on any atom is -0.372 e. The molecule has 41 heavy (non-hydrogen) atoms. The van der Waals surface area contributed by atoms with E-state index in [4.69, 9.17) is 18.9 Å². The molecule has 4 aliphatic heterocycles. The molecule has 0 saturated carbocycles. The summed E-state index contributed by atoms with van der Waals surface area (Å²) in [5.74, 6) is 6.38. The summed E-state index contributed by atoms with van der Waals surface area (Å²) in [4.78, 5) is 53.0. The Balaban J connectivity index is 1.34. The first-order valence-corrected chi connectivity index (χ1v) is 19.4. The summed E-state index contributed by atoms with van der Waals surface area (Å²) in [7, 11) is 0. The van der Waals surface area contributed by atoms with E-state index >= 15 is 0 Å². The van der Waals surface area contributed by atoms with Crippen molar-refractivity contribution in [3.8, 4) is 0 Å². The van der Waals surface area contributed by atoms with E-state index in [9.17, 15) is 19.2 Å². The number of epoxide rings is 4. The highest BCUT2D eigenvalue weighted by Gasteiger charge is 2.39. The Bertz CT molecular complexity index is 729. The van der Waals surface area contributed by atoms with Gasteiger partial charge in [-0.2, -0.15) is 47.0 Å². The van der Waals surface area contributed by atoms with E-state index in [1.807, 2.05) is 0 Å². The molecule has 0 aromatic heterocycles. The third-order valence-corrected chi connectivity index (χ3v) is 11.6. The van der Waals surface area contributed by atoms with E-state index in [0.717, 1.165) is 49.4 Å². The minimum absolute atomic E-state index is 0.0309. The summed E-state index contributed by atoms with van der Waals surface area (Å²) in [6.45, 7) is 3.17. The maximum absolute atomic E-state index is 13.3. The maximum atomic E-state index is 13.3. The lowest BCUT2D eigenvalue weighted by molar-refractivity contribution is -0.130. The number of carbonyl (C=O) groups is 4. The van der Waals surface area contributed by atoms with Crippen molar-refractivity contribution in [2.45, 2.75) is 75.8 Å². The second-order valence-corrected chi connectivity index (χ2v) is 16.1. The van der Waals surface area contributed by atoms with E-state index in [0.29, 0.717) is 73.1 Å². The molecule has 0 aliphatic carbocycles. The van der Waals surface area contributed by atoms with Gasteiger partial charge < -0.3 is 18.9 Å². The van der Waals surface area contributed by atoms with Gasteiger partial charge in [-0.25, -0.2) is 0 Å². The predicted molar refractivity (Wildman–Crippen MR) is 168 cm³/mol. The summed E-state index contributed by atoms with van der Waals surface area (Å²) in [5, 5.41) is 0. The van der Waals surface area contributed by atoms with Gasteiger partial charge in [-0.15, -0.1) is 0 Å². The summed E-state index contributed by atoms with van der Waals surface area (Å²) in [6, 6.07) is 0. The Morgan fingerprint density at radius 2 is 0.683 bits per heavy atom. The van der Waals surface area contributed by atoms with E-state index in [-0.39, 0.29) is 48.8 Å². The van der Waals surface area contributed by atoms with E-state index in [2.05, 4.69) is 0 Å². The summed E-state index contributed by atoms with van der Waals surface area (Å²) in [6.07, 6.45) is 3.14. The van der Waals surface area contributed by atoms with Crippen molar-refractivity contribution in [1.29, 1.82) is 0 Å². The first-order chi connectivity index (χ1) is 19.9. The van der Waals surface area contributed by atoms with E-state index in [1.165, 1.54) is 0 Å². The third kappa shape index (κ3) is 16.0. The molecule has 12 heteroatoms. The summed E-state index contributed by atoms with van der Waals surface area (Å²) >= 11 is 6.79. The fourth-order valence-electron chi connectivity index (χ4n) is 4.66. The molecule has 4 fully saturated rings. The molecule has 4 atom stereocenters. The standard InChI is InChI=1S/C29H44O8S4/c30-21(1-5-38-17-25-13-34-25)9-29(10-22(31)2-6-39-18-26-14-35-26,11-23(32)3-7-40-19-27-15-36-27)12-24(33)4-8-41-20-28-16-37-28/h25-28H,1-20H2. The molecule has 4 rings (SSSR count). The van der Waals surface area contributed by atoms with Gasteiger partial charge >= 0.3 is 0 Å². The van der Waals surface area contributed by atoms with Gasteiger partial charge in [-0.1, -0.05) is 0 Å². The van der Waals surface area contributed by atoms with Crippen LogP contribution in [0.25, 0.3) is 0 Å². The number of carbonyl (C=O) groups excluding carboxylic acids is 4. The van der Waals surface area contributed by atoms with Gasteiger partial charge in [0.1, 0.15) is 23.1 Å². The number of thioether (sulfide) groups is 4. The van der Waals surface area contributed by atoms with Crippen LogP contribution < -0.4 is 0 Å². The van der Waals surface area contributed by atoms with Crippen LogP contribution in [-0.2, 0) is 38.1 Å². The first kappa shape index (κ1) is 33.8. The van der Waals surface area contributed by atoms with Crippen LogP contribution in [0.5, 0.6) is 0 Å². The van der Waals surface area contributed by atoms with Gasteiger partial charge in [0, 0.05) is 97.4 Å². The molecular formula is C29H44O8S4. The number of ether oxygens (including phenoxy) is 4. The molecule has 4 heterocycles. The molecule has 0 bridgehead atoms. The van der Waals surface area contributed by atoms with Crippen molar-refractivity contribution in [3.63, 3.8) is 0 Å². The maximum Gasteiger partial charge on any atom is 0.134 e. The lowest BCUT2D eigenvalue weighted by Gasteiger charge is -2.32. The van der Waals surface area contributed by atoms with Crippen LogP contribution in [0.3, 0.4) is 0 Å². The Labute approximate surface area is 261 Å². The van der Waals surface area contributed by atoms with Gasteiger partial charge in [-0.3, -0.25) is 19.2 Å². The zero-order valence-electron chi connectivity index (χ0n) is 23.9. The second kappa shape index (κ2) is 18.0. The highest BCUT2D eigenvalue weighted by Crippen LogP contribution is 2.39. The molecule has 0 aromatic carbocycles. The Hall–Kier alpha value is -0.0800.